The van der Waals surface area contributed by atoms with Crippen molar-refractivity contribution in [2.75, 3.05) is 20.2 Å². The molecule has 7 heteroatoms. The minimum atomic E-state index is -0.171. The van der Waals surface area contributed by atoms with Gasteiger partial charge in [-0.2, -0.15) is 0 Å². The number of nitrogens with zero attached hydrogens (tertiary/aromatic N) is 1. The molecule has 1 saturated heterocycles. The van der Waals surface area contributed by atoms with Gasteiger partial charge in [-0.3, -0.25) is 10.2 Å². The van der Waals surface area contributed by atoms with Crippen LogP contribution in [0.3, 0.4) is 0 Å². The number of rotatable bonds is 8. The highest BCUT2D eigenvalue weighted by molar-refractivity contribution is 5.74. The Morgan fingerprint density at radius 1 is 1.27 bits per heavy atom. The normalized spacial score (nSPS) is 20.1. The summed E-state index contributed by atoms with van der Waals surface area (Å²) in [5, 5.41) is 8.20. The number of aryl methyl sites for hydroxylation is 1. The summed E-state index contributed by atoms with van der Waals surface area (Å²) in [5.41, 5.74) is 6.20. The predicted molar refractivity (Wildman–Crippen MR) is 153 cm³/mol. The molecule has 3 rings (SSSR count). The molecule has 1 amide bonds. The van der Waals surface area contributed by atoms with Crippen LogP contribution in [0.4, 0.5) is 0 Å². The van der Waals surface area contributed by atoms with Gasteiger partial charge in [0.2, 0.25) is 6.41 Å². The second kappa shape index (κ2) is 16.3. The van der Waals surface area contributed by atoms with Gasteiger partial charge in [-0.15, -0.1) is 0 Å². The summed E-state index contributed by atoms with van der Waals surface area (Å²) in [7, 11) is 1.71. The van der Waals surface area contributed by atoms with Crippen LogP contribution in [0.2, 0.25) is 0 Å². The Balaban J connectivity index is 0.000000657. The average Bonchev–Trinajstić information content (AvgIpc) is 3.23. The first-order chi connectivity index (χ1) is 17.5. The maximum absolute atomic E-state index is 8.58. The van der Waals surface area contributed by atoms with Crippen LogP contribution in [0.15, 0.2) is 24.0 Å². The van der Waals surface area contributed by atoms with Gasteiger partial charge in [0.15, 0.2) is 0 Å². The fraction of sp³-hybridized carbons (Fsp3) is 0.667. The van der Waals surface area contributed by atoms with E-state index in [1.54, 1.807) is 7.11 Å². The second-order valence-corrected chi connectivity index (χ2v) is 10.9. The number of hydrogen-bond donors (Lipinski definition) is 2. The summed E-state index contributed by atoms with van der Waals surface area (Å²) >= 11 is 0. The number of primary amides is 1. The Labute approximate surface area is 225 Å². The third kappa shape index (κ3) is 11.6. The summed E-state index contributed by atoms with van der Waals surface area (Å²) in [6, 6.07) is 6.44. The third-order valence-corrected chi connectivity index (χ3v) is 6.74. The van der Waals surface area contributed by atoms with Gasteiger partial charge in [-0.1, -0.05) is 53.5 Å². The number of amidine groups is 1. The Kier molecular flexibility index (Phi) is 14.3. The molecule has 210 valence electrons. The molecule has 7 nitrogen and oxygen atoms in total. The van der Waals surface area contributed by atoms with Gasteiger partial charge in [0.05, 0.1) is 19.2 Å². The first-order valence-electron chi connectivity index (χ1n) is 13.7. The van der Waals surface area contributed by atoms with Crippen molar-refractivity contribution in [2.24, 2.45) is 17.6 Å². The Morgan fingerprint density at radius 2 is 1.92 bits per heavy atom. The zero-order valence-electron chi connectivity index (χ0n) is 24.4. The number of carbonyl (C=O) groups excluding carboxylic acids is 1. The van der Waals surface area contributed by atoms with Gasteiger partial charge in [-0.25, -0.2) is 0 Å². The van der Waals surface area contributed by atoms with Gasteiger partial charge in [0.25, 0.3) is 6.02 Å². The van der Waals surface area contributed by atoms with E-state index in [4.69, 9.17) is 24.4 Å². The third-order valence-electron chi connectivity index (χ3n) is 6.74. The maximum Gasteiger partial charge on any atom is 0.289 e. The van der Waals surface area contributed by atoms with Crippen LogP contribution in [0.5, 0.6) is 5.75 Å². The van der Waals surface area contributed by atoms with Crippen LogP contribution in [0.25, 0.3) is 6.08 Å². The van der Waals surface area contributed by atoms with Crippen molar-refractivity contribution in [3.05, 3.63) is 35.1 Å². The van der Waals surface area contributed by atoms with Crippen molar-refractivity contribution in [3.63, 3.8) is 0 Å². The van der Waals surface area contributed by atoms with Crippen molar-refractivity contribution in [3.8, 4) is 5.75 Å². The molecule has 0 radical (unpaired) electrons. The van der Waals surface area contributed by atoms with Crippen LogP contribution in [-0.4, -0.2) is 49.2 Å². The number of allylic oxidation sites excluding steroid dienone is 1. The lowest BCUT2D eigenvalue weighted by atomic mass is 9.97. The summed E-state index contributed by atoms with van der Waals surface area (Å²) < 4.78 is 17.5. The fourth-order valence-corrected chi connectivity index (χ4v) is 4.53. The van der Waals surface area contributed by atoms with Crippen molar-refractivity contribution >= 4 is 18.5 Å². The number of ether oxygens (including phenoxy) is 3. The largest absolute Gasteiger partial charge is 0.490 e. The van der Waals surface area contributed by atoms with Crippen LogP contribution in [-0.2, 0) is 14.3 Å². The number of benzene rings is 1. The number of amides is 1. The minimum Gasteiger partial charge on any atom is -0.490 e. The number of carbonyl (C=O) groups is 1. The molecule has 1 aromatic rings. The van der Waals surface area contributed by atoms with Crippen LogP contribution < -0.4 is 10.5 Å². The van der Waals surface area contributed by atoms with Gasteiger partial charge in [0, 0.05) is 13.5 Å². The SMILES string of the molecule is CC/C(=C\c1ccc(OC2CCC(C)C2)c(C)c1)OC(=N)N1CC(C)(OC)C1.CCCC(C)C.NC=O. The molecule has 2 unspecified atom stereocenters. The Morgan fingerprint density at radius 3 is 2.35 bits per heavy atom. The van der Waals surface area contributed by atoms with E-state index in [2.05, 4.69) is 58.6 Å². The van der Waals surface area contributed by atoms with Crippen molar-refractivity contribution in [1.82, 2.24) is 4.90 Å². The molecule has 1 heterocycles. The molecule has 0 spiro atoms. The van der Waals surface area contributed by atoms with Crippen molar-refractivity contribution in [1.29, 1.82) is 5.41 Å². The van der Waals surface area contributed by atoms with E-state index in [1.165, 1.54) is 19.3 Å². The quantitative estimate of drug-likeness (QED) is 0.177. The molecule has 2 fully saturated rings. The van der Waals surface area contributed by atoms with E-state index in [0.29, 0.717) is 19.2 Å². The molecule has 2 atom stereocenters. The average molecular weight is 518 g/mol. The van der Waals surface area contributed by atoms with E-state index >= 15 is 0 Å². The number of nitrogens with one attached hydrogen (secondary N) is 1. The van der Waals surface area contributed by atoms with E-state index in [1.807, 2.05) is 24.8 Å². The summed E-state index contributed by atoms with van der Waals surface area (Å²) in [6.07, 6.45) is 9.60. The number of nitrogens with two attached hydrogens (primary N) is 1. The Hall–Kier alpha value is -2.54. The van der Waals surface area contributed by atoms with Crippen molar-refractivity contribution < 1.29 is 19.0 Å². The molecule has 1 aliphatic heterocycles. The lowest BCUT2D eigenvalue weighted by molar-refractivity contribution is -0.106. The molecule has 37 heavy (non-hydrogen) atoms. The van der Waals surface area contributed by atoms with E-state index < -0.39 is 0 Å². The molecule has 2 aliphatic rings. The minimum absolute atomic E-state index is 0.171. The van der Waals surface area contributed by atoms with Gasteiger partial charge in [-0.05, 0) is 74.3 Å². The number of hydrogen-bond acceptors (Lipinski definition) is 5. The first kappa shape index (κ1) is 32.5. The lowest BCUT2D eigenvalue weighted by Gasteiger charge is -2.47. The zero-order chi connectivity index (χ0) is 28.0. The predicted octanol–water partition coefficient (Wildman–Crippen LogP) is 6.53. The van der Waals surface area contributed by atoms with Gasteiger partial charge >= 0.3 is 0 Å². The highest BCUT2D eigenvalue weighted by atomic mass is 16.5. The Bertz CT molecular complexity index is 862. The molecule has 0 aromatic heterocycles. The van der Waals surface area contributed by atoms with E-state index in [9.17, 15) is 0 Å². The summed E-state index contributed by atoms with van der Waals surface area (Å²) in [6.45, 7) is 16.6. The van der Waals surface area contributed by atoms with Crippen LogP contribution in [0, 0.1) is 24.2 Å². The van der Waals surface area contributed by atoms with Crippen molar-refractivity contribution in [2.45, 2.75) is 98.7 Å². The van der Waals surface area contributed by atoms with Gasteiger partial charge < -0.3 is 24.8 Å². The molecular weight excluding hydrogens is 466 g/mol. The van der Waals surface area contributed by atoms with Crippen LogP contribution >= 0.6 is 0 Å². The molecule has 1 saturated carbocycles. The first-order valence-corrected chi connectivity index (χ1v) is 13.7. The topological polar surface area (TPSA) is 97.9 Å². The second-order valence-electron chi connectivity index (χ2n) is 10.9. The van der Waals surface area contributed by atoms with Gasteiger partial charge in [0.1, 0.15) is 17.1 Å². The number of methoxy groups -OCH3 is 1. The number of likely N-dealkylation sites (tertiary alicyclic amines) is 1. The van der Waals surface area contributed by atoms with E-state index in [0.717, 1.165) is 53.7 Å². The highest BCUT2D eigenvalue weighted by Gasteiger charge is 2.41. The highest BCUT2D eigenvalue weighted by Crippen LogP contribution is 2.31. The smallest absolute Gasteiger partial charge is 0.289 e. The molecule has 1 aromatic carbocycles. The molecule has 0 bridgehead atoms. The summed E-state index contributed by atoms with van der Waals surface area (Å²) in [5.74, 6) is 3.42. The molecular formula is C30H51N3O4. The van der Waals surface area contributed by atoms with Crippen LogP contribution in [0.1, 0.15) is 91.2 Å². The molecule has 3 N–H and O–H groups in total. The standard InChI is InChI=1S/C23H34N2O3.C6H14.CH3NO/c1-6-19(28-22(24)25-14-23(4,15-25)26-5)13-18-8-10-21(17(3)12-18)27-20-9-7-16(2)11-20;1-4-5-6(2)3;2-1-3/h8,10,12-13,16,20,24H,6-7,9,11,14-15H2,1-5H3;6H,4-5H2,1-3H3;1H,(H2,2,3)/b19-13+,24-22?;;. The monoisotopic (exact) mass is 517 g/mol. The fourth-order valence-electron chi connectivity index (χ4n) is 4.53. The van der Waals surface area contributed by atoms with E-state index in [-0.39, 0.29) is 18.0 Å². The molecule has 1 aliphatic carbocycles. The maximum atomic E-state index is 8.58. The summed E-state index contributed by atoms with van der Waals surface area (Å²) in [4.78, 5) is 10.5. The zero-order valence-corrected chi connectivity index (χ0v) is 24.4. The lowest BCUT2D eigenvalue weighted by Crippen LogP contribution is -2.62.